The van der Waals surface area contributed by atoms with Crippen LogP contribution in [-0.2, 0) is 16.6 Å². The van der Waals surface area contributed by atoms with Gasteiger partial charge in [-0.15, -0.1) is 0 Å². The molecule has 0 aliphatic carbocycles. The van der Waals surface area contributed by atoms with Crippen LogP contribution in [0.1, 0.15) is 35.3 Å². The molecule has 0 unspecified atom stereocenters. The number of hydrogen-bond acceptors (Lipinski definition) is 7. The first-order valence-corrected chi connectivity index (χ1v) is 14.5. The van der Waals surface area contributed by atoms with Gasteiger partial charge in [0.25, 0.3) is 15.9 Å². The number of sulfonamides is 1. The molecule has 0 fully saturated rings. The standard InChI is InChI=1S/C29H36N4O5S/c1-20-8-10-24(11-9-20)39(36,37)31-26-7-5-6-25-28(26)38-27(18-32(4)17-23-12-14-30-15-13-23)21(2)16-33(29(25)35)22(3)19-34/h5-15,21-22,27,31,34H,16-19H2,1-4H3/t21-,22-,27-/m1/s1. The van der Waals surface area contributed by atoms with E-state index in [1.54, 1.807) is 66.7 Å². The van der Waals surface area contributed by atoms with E-state index in [0.717, 1.165) is 11.1 Å². The minimum Gasteiger partial charge on any atom is -0.486 e. The van der Waals surface area contributed by atoms with Crippen molar-refractivity contribution >= 4 is 21.6 Å². The van der Waals surface area contributed by atoms with Crippen LogP contribution in [0, 0.1) is 12.8 Å². The number of hydrogen-bond donors (Lipinski definition) is 2. The van der Waals surface area contributed by atoms with Crippen molar-refractivity contribution in [3.8, 4) is 5.75 Å². The van der Waals surface area contributed by atoms with Crippen LogP contribution in [-0.4, -0.2) is 73.1 Å². The maximum Gasteiger partial charge on any atom is 0.262 e. The van der Waals surface area contributed by atoms with Gasteiger partial charge in [-0.2, -0.15) is 0 Å². The molecule has 3 aromatic rings. The average Bonchev–Trinajstić information content (AvgIpc) is 2.91. The average molecular weight is 553 g/mol. The number of aliphatic hydroxyl groups excluding tert-OH is 1. The highest BCUT2D eigenvalue weighted by molar-refractivity contribution is 7.92. The Labute approximate surface area is 230 Å². The summed E-state index contributed by atoms with van der Waals surface area (Å²) in [6, 6.07) is 14.9. The van der Waals surface area contributed by atoms with Crippen molar-refractivity contribution in [1.29, 1.82) is 0 Å². The van der Waals surface area contributed by atoms with E-state index >= 15 is 0 Å². The van der Waals surface area contributed by atoms with Crippen LogP contribution < -0.4 is 9.46 Å². The molecule has 2 heterocycles. The van der Waals surface area contributed by atoms with Crippen molar-refractivity contribution in [2.45, 2.75) is 44.4 Å². The first kappa shape index (κ1) is 28.5. The van der Waals surface area contributed by atoms with Crippen molar-refractivity contribution < 1.29 is 23.1 Å². The Morgan fingerprint density at radius 3 is 2.51 bits per heavy atom. The lowest BCUT2D eigenvalue weighted by atomic mass is 9.99. The van der Waals surface area contributed by atoms with Gasteiger partial charge in [-0.1, -0.05) is 30.7 Å². The zero-order valence-electron chi connectivity index (χ0n) is 22.7. The molecule has 0 saturated carbocycles. The fourth-order valence-corrected chi connectivity index (χ4v) is 5.70. The van der Waals surface area contributed by atoms with Gasteiger partial charge in [0, 0.05) is 37.9 Å². The molecule has 2 aromatic carbocycles. The molecule has 0 saturated heterocycles. The Balaban J connectivity index is 1.71. The first-order chi connectivity index (χ1) is 18.6. The fourth-order valence-electron chi connectivity index (χ4n) is 4.63. The number of nitrogens with one attached hydrogen (secondary N) is 1. The number of anilines is 1. The Morgan fingerprint density at radius 1 is 1.15 bits per heavy atom. The van der Waals surface area contributed by atoms with Crippen molar-refractivity contribution in [3.63, 3.8) is 0 Å². The third kappa shape index (κ3) is 6.76. The molecule has 208 valence electrons. The molecule has 1 aromatic heterocycles. The van der Waals surface area contributed by atoms with E-state index in [1.165, 1.54) is 0 Å². The van der Waals surface area contributed by atoms with Crippen LogP contribution in [0.2, 0.25) is 0 Å². The van der Waals surface area contributed by atoms with Crippen LogP contribution in [0.4, 0.5) is 5.69 Å². The second-order valence-electron chi connectivity index (χ2n) is 10.3. The first-order valence-electron chi connectivity index (χ1n) is 13.0. The highest BCUT2D eigenvalue weighted by Crippen LogP contribution is 2.36. The Kier molecular flexibility index (Phi) is 8.89. The zero-order chi connectivity index (χ0) is 28.2. The predicted octanol–water partition coefficient (Wildman–Crippen LogP) is 3.54. The van der Waals surface area contributed by atoms with Gasteiger partial charge in [-0.3, -0.25) is 19.4 Å². The number of para-hydroxylation sites is 1. The lowest BCUT2D eigenvalue weighted by Crippen LogP contribution is -2.49. The van der Waals surface area contributed by atoms with E-state index in [2.05, 4.69) is 14.6 Å². The number of carbonyl (C=O) groups excluding carboxylic acids is 1. The molecule has 3 atom stereocenters. The molecular formula is C29H36N4O5S. The summed E-state index contributed by atoms with van der Waals surface area (Å²) in [5, 5.41) is 9.90. The topological polar surface area (TPSA) is 112 Å². The Bertz CT molecular complexity index is 1380. The monoisotopic (exact) mass is 552 g/mol. The van der Waals surface area contributed by atoms with Gasteiger partial charge in [0.05, 0.1) is 28.8 Å². The fraction of sp³-hybridized carbons (Fsp3) is 0.379. The van der Waals surface area contributed by atoms with Crippen molar-refractivity contribution in [2.24, 2.45) is 5.92 Å². The number of fused-ring (bicyclic) bond motifs is 1. The molecule has 2 N–H and O–H groups in total. The SMILES string of the molecule is Cc1ccc(S(=O)(=O)Nc2cccc3c2O[C@H](CN(C)Cc2ccncc2)[C@H](C)CN([C@H](C)CO)C3=O)cc1. The zero-order valence-corrected chi connectivity index (χ0v) is 23.6. The predicted molar refractivity (Wildman–Crippen MR) is 150 cm³/mol. The molecule has 1 aliphatic heterocycles. The summed E-state index contributed by atoms with van der Waals surface area (Å²) in [4.78, 5) is 21.6. The number of nitrogens with zero attached hydrogens (tertiary/aromatic N) is 3. The van der Waals surface area contributed by atoms with E-state index in [1.807, 2.05) is 33.0 Å². The van der Waals surface area contributed by atoms with Crippen molar-refractivity contribution in [2.75, 3.05) is 31.5 Å². The Morgan fingerprint density at radius 2 is 1.85 bits per heavy atom. The van der Waals surface area contributed by atoms with Crippen LogP contribution in [0.15, 0.2) is 71.9 Å². The molecule has 0 radical (unpaired) electrons. The third-order valence-electron chi connectivity index (χ3n) is 6.96. The van der Waals surface area contributed by atoms with Crippen LogP contribution in [0.5, 0.6) is 5.75 Å². The van der Waals surface area contributed by atoms with Gasteiger partial charge < -0.3 is 14.7 Å². The van der Waals surface area contributed by atoms with Gasteiger partial charge in [-0.05, 0) is 62.9 Å². The molecule has 1 amide bonds. The van der Waals surface area contributed by atoms with Gasteiger partial charge in [0.2, 0.25) is 0 Å². The normalized spacial score (nSPS) is 18.6. The largest absolute Gasteiger partial charge is 0.486 e. The highest BCUT2D eigenvalue weighted by atomic mass is 32.2. The van der Waals surface area contributed by atoms with E-state index < -0.39 is 16.1 Å². The van der Waals surface area contributed by atoms with Gasteiger partial charge in [0.1, 0.15) is 6.10 Å². The summed E-state index contributed by atoms with van der Waals surface area (Å²) in [5.41, 5.74) is 2.48. The van der Waals surface area contributed by atoms with Crippen LogP contribution >= 0.6 is 0 Å². The molecule has 1 aliphatic rings. The number of ether oxygens (including phenoxy) is 1. The highest BCUT2D eigenvalue weighted by Gasteiger charge is 2.35. The third-order valence-corrected chi connectivity index (χ3v) is 8.34. The molecule has 9 nitrogen and oxygen atoms in total. The number of amides is 1. The smallest absolute Gasteiger partial charge is 0.262 e. The maximum atomic E-state index is 13.7. The van der Waals surface area contributed by atoms with E-state index in [9.17, 15) is 18.3 Å². The quantitative estimate of drug-likeness (QED) is 0.418. The number of carbonyl (C=O) groups is 1. The van der Waals surface area contributed by atoms with Gasteiger partial charge in [0.15, 0.2) is 5.75 Å². The number of pyridine rings is 1. The molecule has 0 bridgehead atoms. The second kappa shape index (κ2) is 12.1. The molecule has 39 heavy (non-hydrogen) atoms. The van der Waals surface area contributed by atoms with Gasteiger partial charge >= 0.3 is 0 Å². The summed E-state index contributed by atoms with van der Waals surface area (Å²) in [6.07, 6.45) is 3.13. The summed E-state index contributed by atoms with van der Waals surface area (Å²) in [6.45, 7) is 7.06. The summed E-state index contributed by atoms with van der Waals surface area (Å²) in [7, 11) is -1.96. The number of likely N-dealkylation sites (N-methyl/N-ethyl adjacent to an activating group) is 1. The molecule has 0 spiro atoms. The number of aryl methyl sites for hydroxylation is 1. The molecule has 10 heteroatoms. The molecule has 4 rings (SSSR count). The van der Waals surface area contributed by atoms with Crippen LogP contribution in [0.25, 0.3) is 0 Å². The maximum absolute atomic E-state index is 13.7. The lowest BCUT2D eigenvalue weighted by Gasteiger charge is -2.38. The summed E-state index contributed by atoms with van der Waals surface area (Å²) >= 11 is 0. The van der Waals surface area contributed by atoms with E-state index in [0.29, 0.717) is 19.6 Å². The number of benzene rings is 2. The van der Waals surface area contributed by atoms with Crippen molar-refractivity contribution in [3.05, 3.63) is 83.7 Å². The van der Waals surface area contributed by atoms with E-state index in [4.69, 9.17) is 4.74 Å². The number of aromatic nitrogens is 1. The number of aliphatic hydroxyl groups is 1. The molecular weight excluding hydrogens is 516 g/mol. The van der Waals surface area contributed by atoms with Crippen LogP contribution in [0.3, 0.4) is 0 Å². The minimum atomic E-state index is -3.94. The summed E-state index contributed by atoms with van der Waals surface area (Å²) in [5.74, 6) is -0.252. The minimum absolute atomic E-state index is 0.111. The lowest BCUT2D eigenvalue weighted by molar-refractivity contribution is 0.0344. The second-order valence-corrected chi connectivity index (χ2v) is 12.0. The summed E-state index contributed by atoms with van der Waals surface area (Å²) < 4.78 is 35.7. The Hall–Kier alpha value is -3.47. The van der Waals surface area contributed by atoms with E-state index in [-0.39, 0.29) is 46.4 Å². The van der Waals surface area contributed by atoms with Crippen molar-refractivity contribution in [1.82, 2.24) is 14.8 Å². The number of rotatable bonds is 9. The van der Waals surface area contributed by atoms with Gasteiger partial charge in [-0.25, -0.2) is 8.42 Å².